The molecule has 0 aromatic heterocycles. The second kappa shape index (κ2) is 7.08. The van der Waals surface area contributed by atoms with Crippen LogP contribution in [-0.4, -0.2) is 23.4 Å². The maximum Gasteiger partial charge on any atom is 0.0840 e. The Morgan fingerprint density at radius 2 is 1.89 bits per heavy atom. The number of ether oxygens (including phenoxy) is 1. The molecule has 0 radical (unpaired) electrons. The van der Waals surface area contributed by atoms with E-state index in [2.05, 4.69) is 20.8 Å². The first-order chi connectivity index (χ1) is 9.10. The Morgan fingerprint density at radius 3 is 2.58 bits per heavy atom. The minimum atomic E-state index is -0.225. The molecule has 5 unspecified atom stereocenters. The minimum Gasteiger partial charge on any atom is -0.390 e. The van der Waals surface area contributed by atoms with E-state index in [0.717, 1.165) is 24.7 Å². The van der Waals surface area contributed by atoms with Crippen molar-refractivity contribution >= 4 is 0 Å². The van der Waals surface area contributed by atoms with E-state index >= 15 is 0 Å². The van der Waals surface area contributed by atoms with Gasteiger partial charge in [0.25, 0.3) is 0 Å². The molecule has 2 saturated carbocycles. The molecule has 0 saturated heterocycles. The van der Waals surface area contributed by atoms with Crippen molar-refractivity contribution < 1.29 is 9.84 Å². The van der Waals surface area contributed by atoms with E-state index in [1.807, 2.05) is 0 Å². The van der Waals surface area contributed by atoms with Gasteiger partial charge in [-0.15, -0.1) is 0 Å². The van der Waals surface area contributed by atoms with Crippen LogP contribution in [0.15, 0.2) is 0 Å². The number of hydrogen-bond donors (Lipinski definition) is 1. The van der Waals surface area contributed by atoms with Crippen molar-refractivity contribution in [3.63, 3.8) is 0 Å². The Morgan fingerprint density at radius 1 is 1.11 bits per heavy atom. The molecule has 2 aliphatic carbocycles. The number of aliphatic hydroxyl groups excluding tert-OH is 1. The highest BCUT2D eigenvalue weighted by Crippen LogP contribution is 2.35. The Balaban J connectivity index is 1.85. The summed E-state index contributed by atoms with van der Waals surface area (Å²) < 4.78 is 6.31. The van der Waals surface area contributed by atoms with Gasteiger partial charge in [-0.3, -0.25) is 0 Å². The van der Waals surface area contributed by atoms with Crippen molar-refractivity contribution in [2.75, 3.05) is 0 Å². The Labute approximate surface area is 118 Å². The van der Waals surface area contributed by atoms with Crippen LogP contribution in [0.25, 0.3) is 0 Å². The molecule has 19 heavy (non-hydrogen) atoms. The second-order valence-corrected chi connectivity index (χ2v) is 7.12. The molecule has 2 fully saturated rings. The topological polar surface area (TPSA) is 29.5 Å². The van der Waals surface area contributed by atoms with Crippen molar-refractivity contribution in [2.45, 2.75) is 90.4 Å². The number of rotatable bonds is 4. The zero-order valence-electron chi connectivity index (χ0n) is 13.0. The number of hydrogen-bond acceptors (Lipinski definition) is 2. The summed E-state index contributed by atoms with van der Waals surface area (Å²) in [7, 11) is 0. The maximum absolute atomic E-state index is 10.2. The van der Waals surface area contributed by atoms with E-state index in [-0.39, 0.29) is 12.2 Å². The van der Waals surface area contributed by atoms with Gasteiger partial charge in [0.05, 0.1) is 18.3 Å². The predicted molar refractivity (Wildman–Crippen MR) is 79.1 cm³/mol. The van der Waals surface area contributed by atoms with Gasteiger partial charge in [-0.1, -0.05) is 40.0 Å². The molecule has 112 valence electrons. The Hall–Kier alpha value is -0.0800. The molecule has 0 bridgehead atoms. The standard InChI is InChI=1S/C17H32O2/c1-4-13-6-5-7-15(10-13)19-17-11-14(12(2)3)8-9-16(17)18/h12-18H,4-11H2,1-3H3. The van der Waals surface area contributed by atoms with Gasteiger partial charge in [-0.2, -0.15) is 0 Å². The van der Waals surface area contributed by atoms with Crippen molar-refractivity contribution in [1.82, 2.24) is 0 Å². The molecule has 2 nitrogen and oxygen atoms in total. The van der Waals surface area contributed by atoms with Crippen LogP contribution in [0.2, 0.25) is 0 Å². The molecule has 2 aliphatic rings. The van der Waals surface area contributed by atoms with Crippen LogP contribution in [0.4, 0.5) is 0 Å². The highest BCUT2D eigenvalue weighted by molar-refractivity contribution is 4.84. The van der Waals surface area contributed by atoms with Gasteiger partial charge in [0.15, 0.2) is 0 Å². The SMILES string of the molecule is CCC1CCCC(OC2CC(C(C)C)CCC2O)C1. The zero-order chi connectivity index (χ0) is 13.8. The molecule has 0 spiro atoms. The summed E-state index contributed by atoms with van der Waals surface area (Å²) >= 11 is 0. The lowest BCUT2D eigenvalue weighted by atomic mass is 9.78. The molecule has 0 aliphatic heterocycles. The van der Waals surface area contributed by atoms with Gasteiger partial charge in [-0.05, 0) is 49.9 Å². The van der Waals surface area contributed by atoms with Gasteiger partial charge in [0.2, 0.25) is 0 Å². The lowest BCUT2D eigenvalue weighted by Gasteiger charge is -2.39. The lowest BCUT2D eigenvalue weighted by molar-refractivity contribution is -0.120. The maximum atomic E-state index is 10.2. The molecule has 2 heteroatoms. The minimum absolute atomic E-state index is 0.0988. The van der Waals surface area contributed by atoms with Crippen molar-refractivity contribution in [3.05, 3.63) is 0 Å². The third-order valence-electron chi connectivity index (χ3n) is 5.42. The van der Waals surface area contributed by atoms with Gasteiger partial charge in [0, 0.05) is 0 Å². The Kier molecular flexibility index (Phi) is 5.70. The van der Waals surface area contributed by atoms with E-state index in [0.29, 0.717) is 12.0 Å². The highest BCUT2D eigenvalue weighted by Gasteiger charge is 2.34. The fourth-order valence-corrected chi connectivity index (χ4v) is 3.88. The molecule has 0 amide bonds. The average molecular weight is 268 g/mol. The summed E-state index contributed by atoms with van der Waals surface area (Å²) in [4.78, 5) is 0. The summed E-state index contributed by atoms with van der Waals surface area (Å²) in [5.41, 5.74) is 0. The summed E-state index contributed by atoms with van der Waals surface area (Å²) in [6, 6.07) is 0. The lowest BCUT2D eigenvalue weighted by Crippen LogP contribution is -2.40. The summed E-state index contributed by atoms with van der Waals surface area (Å²) in [5.74, 6) is 2.30. The monoisotopic (exact) mass is 268 g/mol. The van der Waals surface area contributed by atoms with E-state index in [4.69, 9.17) is 4.74 Å². The van der Waals surface area contributed by atoms with Crippen LogP contribution >= 0.6 is 0 Å². The highest BCUT2D eigenvalue weighted by atomic mass is 16.5. The molecule has 5 atom stereocenters. The molecular formula is C17H32O2. The molecule has 0 aromatic rings. The third kappa shape index (κ3) is 4.19. The zero-order valence-corrected chi connectivity index (χ0v) is 13.0. The van der Waals surface area contributed by atoms with Gasteiger partial charge < -0.3 is 9.84 Å². The molecule has 1 N–H and O–H groups in total. The van der Waals surface area contributed by atoms with E-state index < -0.39 is 0 Å². The van der Waals surface area contributed by atoms with Gasteiger partial charge in [0.1, 0.15) is 0 Å². The van der Waals surface area contributed by atoms with E-state index in [1.54, 1.807) is 0 Å². The fourth-order valence-electron chi connectivity index (χ4n) is 3.88. The third-order valence-corrected chi connectivity index (χ3v) is 5.42. The molecule has 0 aromatic carbocycles. The molecular weight excluding hydrogens is 236 g/mol. The van der Waals surface area contributed by atoms with Crippen LogP contribution in [-0.2, 0) is 4.74 Å². The summed E-state index contributed by atoms with van der Waals surface area (Å²) in [6.45, 7) is 6.89. The first-order valence-corrected chi connectivity index (χ1v) is 8.43. The quantitative estimate of drug-likeness (QED) is 0.829. The predicted octanol–water partition coefficient (Wildman–Crippen LogP) is 4.16. The first-order valence-electron chi connectivity index (χ1n) is 8.43. The first kappa shape index (κ1) is 15.3. The van der Waals surface area contributed by atoms with Crippen LogP contribution in [0.3, 0.4) is 0 Å². The van der Waals surface area contributed by atoms with Crippen molar-refractivity contribution in [1.29, 1.82) is 0 Å². The average Bonchev–Trinajstić information content (AvgIpc) is 2.41. The summed E-state index contributed by atoms with van der Waals surface area (Å²) in [5, 5.41) is 10.2. The normalized spacial score (nSPS) is 40.6. The van der Waals surface area contributed by atoms with E-state index in [9.17, 15) is 5.11 Å². The van der Waals surface area contributed by atoms with Crippen LogP contribution in [0.1, 0.15) is 72.1 Å². The van der Waals surface area contributed by atoms with Crippen molar-refractivity contribution in [2.24, 2.45) is 17.8 Å². The van der Waals surface area contributed by atoms with Gasteiger partial charge >= 0.3 is 0 Å². The number of aliphatic hydroxyl groups is 1. The van der Waals surface area contributed by atoms with E-state index in [1.165, 1.54) is 38.5 Å². The Bertz CT molecular complexity index is 264. The molecule has 0 heterocycles. The molecule has 2 rings (SSSR count). The largest absolute Gasteiger partial charge is 0.390 e. The van der Waals surface area contributed by atoms with Crippen molar-refractivity contribution in [3.8, 4) is 0 Å². The van der Waals surface area contributed by atoms with Crippen LogP contribution < -0.4 is 0 Å². The van der Waals surface area contributed by atoms with Gasteiger partial charge in [-0.25, -0.2) is 0 Å². The van der Waals surface area contributed by atoms with Crippen LogP contribution in [0, 0.1) is 17.8 Å². The second-order valence-electron chi connectivity index (χ2n) is 7.12. The smallest absolute Gasteiger partial charge is 0.0840 e. The fraction of sp³-hybridized carbons (Fsp3) is 1.00. The van der Waals surface area contributed by atoms with Crippen LogP contribution in [0.5, 0.6) is 0 Å². The summed E-state index contributed by atoms with van der Waals surface area (Å²) in [6.07, 6.45) is 9.81.